The van der Waals surface area contributed by atoms with Crippen LogP contribution in [0.25, 0.3) is 0 Å². The van der Waals surface area contributed by atoms with Crippen LogP contribution in [-0.2, 0) is 0 Å². The predicted molar refractivity (Wildman–Crippen MR) is 63.6 cm³/mol. The molecule has 1 nitrogen and oxygen atoms in total. The highest BCUT2D eigenvalue weighted by atomic mass is 32.2. The minimum Gasteiger partial charge on any atom is -0.456 e. The Labute approximate surface area is 94.1 Å². The van der Waals surface area contributed by atoms with Gasteiger partial charge in [0.2, 0.25) is 0 Å². The first-order chi connectivity index (χ1) is 7.40. The van der Waals surface area contributed by atoms with Crippen molar-refractivity contribution in [2.75, 3.05) is 6.26 Å². The highest BCUT2D eigenvalue weighted by Crippen LogP contribution is 2.30. The van der Waals surface area contributed by atoms with Gasteiger partial charge in [0, 0.05) is 0 Å². The van der Waals surface area contributed by atoms with E-state index in [2.05, 4.69) is 6.07 Å². The Bertz CT molecular complexity index is 426. The predicted octanol–water partition coefficient (Wildman–Crippen LogP) is 4.00. The SMILES string of the molecule is CSc1c[c]ccc1Oc1ccccc1. The van der Waals surface area contributed by atoms with Crippen LogP contribution in [0.4, 0.5) is 0 Å². The van der Waals surface area contributed by atoms with E-state index < -0.39 is 0 Å². The van der Waals surface area contributed by atoms with E-state index in [1.807, 2.05) is 54.8 Å². The van der Waals surface area contributed by atoms with Crippen molar-refractivity contribution in [3.05, 3.63) is 54.6 Å². The van der Waals surface area contributed by atoms with Crippen molar-refractivity contribution in [3.63, 3.8) is 0 Å². The first kappa shape index (κ1) is 10.1. The van der Waals surface area contributed by atoms with E-state index in [1.165, 1.54) is 0 Å². The summed E-state index contributed by atoms with van der Waals surface area (Å²) in [6.45, 7) is 0. The molecule has 0 amide bonds. The van der Waals surface area contributed by atoms with E-state index >= 15 is 0 Å². The summed E-state index contributed by atoms with van der Waals surface area (Å²) in [5, 5.41) is 0. The lowest BCUT2D eigenvalue weighted by Crippen LogP contribution is -1.85. The molecule has 2 aromatic rings. The molecule has 0 fully saturated rings. The molecular formula is C13H11OS. The van der Waals surface area contributed by atoms with Gasteiger partial charge < -0.3 is 4.74 Å². The van der Waals surface area contributed by atoms with Crippen LogP contribution in [0.15, 0.2) is 53.4 Å². The van der Waals surface area contributed by atoms with E-state index in [4.69, 9.17) is 4.74 Å². The van der Waals surface area contributed by atoms with Crippen molar-refractivity contribution in [1.29, 1.82) is 0 Å². The average molecular weight is 215 g/mol. The van der Waals surface area contributed by atoms with Crippen molar-refractivity contribution < 1.29 is 4.74 Å². The second-order valence-corrected chi connectivity index (χ2v) is 3.84. The zero-order chi connectivity index (χ0) is 10.5. The third kappa shape index (κ3) is 2.54. The molecule has 0 N–H and O–H groups in total. The zero-order valence-corrected chi connectivity index (χ0v) is 9.25. The standard InChI is InChI=1S/C13H11OS/c1-15-13-10-6-5-9-12(13)14-11-7-3-2-4-8-11/h2-5,7-10H,1H3. The molecule has 0 aliphatic heterocycles. The van der Waals surface area contributed by atoms with Crippen LogP contribution in [0.3, 0.4) is 0 Å². The molecule has 2 aromatic carbocycles. The summed E-state index contributed by atoms with van der Waals surface area (Å²) in [5.74, 6) is 1.74. The lowest BCUT2D eigenvalue weighted by molar-refractivity contribution is 0.471. The molecule has 0 aliphatic carbocycles. The first-order valence-electron chi connectivity index (χ1n) is 4.67. The minimum atomic E-state index is 0.860. The van der Waals surface area contributed by atoms with Gasteiger partial charge in [0.05, 0.1) is 4.90 Å². The van der Waals surface area contributed by atoms with E-state index in [1.54, 1.807) is 11.8 Å². The molecule has 1 radical (unpaired) electrons. The quantitative estimate of drug-likeness (QED) is 0.716. The molecule has 0 bridgehead atoms. The van der Waals surface area contributed by atoms with E-state index in [9.17, 15) is 0 Å². The summed E-state index contributed by atoms with van der Waals surface area (Å²) in [5.41, 5.74) is 0. The van der Waals surface area contributed by atoms with Gasteiger partial charge in [0.1, 0.15) is 11.5 Å². The number of hydrogen-bond acceptors (Lipinski definition) is 2. The van der Waals surface area contributed by atoms with Crippen LogP contribution in [0.5, 0.6) is 11.5 Å². The van der Waals surface area contributed by atoms with E-state index in [0.29, 0.717) is 0 Å². The van der Waals surface area contributed by atoms with Gasteiger partial charge in [-0.15, -0.1) is 11.8 Å². The summed E-state index contributed by atoms with van der Waals surface area (Å²) in [4.78, 5) is 1.10. The number of hydrogen-bond donors (Lipinski definition) is 0. The van der Waals surface area contributed by atoms with Crippen LogP contribution < -0.4 is 4.74 Å². The number of benzene rings is 2. The van der Waals surface area contributed by atoms with Crippen molar-refractivity contribution in [1.82, 2.24) is 0 Å². The Morgan fingerprint density at radius 1 is 1.13 bits per heavy atom. The maximum Gasteiger partial charge on any atom is 0.141 e. The third-order valence-electron chi connectivity index (χ3n) is 1.98. The molecule has 75 valence electrons. The summed E-state index contributed by atoms with van der Waals surface area (Å²) < 4.78 is 5.76. The highest BCUT2D eigenvalue weighted by molar-refractivity contribution is 7.98. The largest absolute Gasteiger partial charge is 0.456 e. The zero-order valence-electron chi connectivity index (χ0n) is 8.44. The number of rotatable bonds is 3. The molecule has 15 heavy (non-hydrogen) atoms. The first-order valence-corrected chi connectivity index (χ1v) is 5.89. The van der Waals surface area contributed by atoms with Gasteiger partial charge >= 0.3 is 0 Å². The lowest BCUT2D eigenvalue weighted by Gasteiger charge is -2.08. The summed E-state index contributed by atoms with van der Waals surface area (Å²) >= 11 is 1.66. The summed E-state index contributed by atoms with van der Waals surface area (Å²) in [6.07, 6.45) is 2.03. The molecule has 0 saturated heterocycles. The molecule has 0 atom stereocenters. The fourth-order valence-corrected chi connectivity index (χ4v) is 1.76. The second kappa shape index (κ2) is 4.89. The Kier molecular flexibility index (Phi) is 3.30. The molecule has 0 saturated carbocycles. The van der Waals surface area contributed by atoms with Crippen molar-refractivity contribution >= 4 is 11.8 Å². The average Bonchev–Trinajstić information content (AvgIpc) is 2.31. The Morgan fingerprint density at radius 2 is 1.93 bits per heavy atom. The lowest BCUT2D eigenvalue weighted by atomic mass is 10.3. The molecule has 0 heterocycles. The Morgan fingerprint density at radius 3 is 2.67 bits per heavy atom. The van der Waals surface area contributed by atoms with E-state index in [-0.39, 0.29) is 0 Å². The van der Waals surface area contributed by atoms with Gasteiger partial charge in [-0.05, 0) is 36.6 Å². The van der Waals surface area contributed by atoms with Crippen molar-refractivity contribution in [2.24, 2.45) is 0 Å². The van der Waals surface area contributed by atoms with Crippen LogP contribution in [0, 0.1) is 6.07 Å². The van der Waals surface area contributed by atoms with Gasteiger partial charge in [-0.1, -0.05) is 24.3 Å². The molecule has 0 spiro atoms. The molecule has 2 rings (SSSR count). The molecule has 0 unspecified atom stereocenters. The van der Waals surface area contributed by atoms with Gasteiger partial charge in [-0.3, -0.25) is 0 Å². The third-order valence-corrected chi connectivity index (χ3v) is 2.74. The van der Waals surface area contributed by atoms with Gasteiger partial charge in [-0.25, -0.2) is 0 Å². The van der Waals surface area contributed by atoms with Crippen molar-refractivity contribution in [3.8, 4) is 11.5 Å². The van der Waals surface area contributed by atoms with Gasteiger partial charge in [0.15, 0.2) is 0 Å². The molecule has 2 heteroatoms. The van der Waals surface area contributed by atoms with E-state index in [0.717, 1.165) is 16.4 Å². The maximum atomic E-state index is 5.76. The number of thioether (sulfide) groups is 1. The highest BCUT2D eigenvalue weighted by Gasteiger charge is 2.01. The van der Waals surface area contributed by atoms with Gasteiger partial charge in [0.25, 0.3) is 0 Å². The maximum absolute atomic E-state index is 5.76. The monoisotopic (exact) mass is 215 g/mol. The normalized spacial score (nSPS) is 9.93. The summed E-state index contributed by atoms with van der Waals surface area (Å²) in [6, 6.07) is 18.5. The van der Waals surface area contributed by atoms with Crippen LogP contribution in [-0.4, -0.2) is 6.26 Å². The fourth-order valence-electron chi connectivity index (χ4n) is 1.26. The van der Waals surface area contributed by atoms with Crippen LogP contribution >= 0.6 is 11.8 Å². The molecular weight excluding hydrogens is 204 g/mol. The number of para-hydroxylation sites is 1. The van der Waals surface area contributed by atoms with Crippen LogP contribution in [0.1, 0.15) is 0 Å². The number of ether oxygens (including phenoxy) is 1. The smallest absolute Gasteiger partial charge is 0.141 e. The second-order valence-electron chi connectivity index (χ2n) is 2.99. The fraction of sp³-hybridized carbons (Fsp3) is 0.0769. The Hall–Kier alpha value is -1.41. The Balaban J connectivity index is 2.24. The van der Waals surface area contributed by atoms with Crippen molar-refractivity contribution in [2.45, 2.75) is 4.90 Å². The van der Waals surface area contributed by atoms with Crippen LogP contribution in [0.2, 0.25) is 0 Å². The minimum absolute atomic E-state index is 0.860. The molecule has 0 aliphatic rings. The van der Waals surface area contributed by atoms with Gasteiger partial charge in [-0.2, -0.15) is 0 Å². The summed E-state index contributed by atoms with van der Waals surface area (Å²) in [7, 11) is 0. The topological polar surface area (TPSA) is 9.23 Å². The molecule has 0 aromatic heterocycles.